The highest BCUT2D eigenvalue weighted by molar-refractivity contribution is 5.71. The second-order valence-electron chi connectivity index (χ2n) is 14.9. The van der Waals surface area contributed by atoms with E-state index in [1.807, 2.05) is 0 Å². The van der Waals surface area contributed by atoms with Crippen LogP contribution in [-0.2, 0) is 28.6 Å². The zero-order valence-electron chi connectivity index (χ0n) is 36.8. The Balaban J connectivity index is 4.39. The smallest absolute Gasteiger partial charge is 0.306 e. The molecule has 0 radical (unpaired) electrons. The van der Waals surface area contributed by atoms with Crippen molar-refractivity contribution in [3.8, 4) is 0 Å². The van der Waals surface area contributed by atoms with Gasteiger partial charge in [0.1, 0.15) is 13.2 Å². The van der Waals surface area contributed by atoms with E-state index in [0.29, 0.717) is 19.3 Å². The van der Waals surface area contributed by atoms with E-state index in [1.165, 1.54) is 51.4 Å². The maximum atomic E-state index is 12.7. The lowest BCUT2D eigenvalue weighted by Crippen LogP contribution is -2.30. The number of esters is 3. The van der Waals surface area contributed by atoms with Gasteiger partial charge in [0.05, 0.1) is 0 Å². The first-order valence-corrected chi connectivity index (χ1v) is 23.1. The minimum absolute atomic E-state index is 0.0971. The van der Waals surface area contributed by atoms with Gasteiger partial charge in [0.2, 0.25) is 0 Å². The molecule has 0 spiro atoms. The van der Waals surface area contributed by atoms with E-state index in [0.717, 1.165) is 103 Å². The first-order chi connectivity index (χ1) is 28.0. The summed E-state index contributed by atoms with van der Waals surface area (Å²) < 4.78 is 16.6. The van der Waals surface area contributed by atoms with Crippen LogP contribution in [0.3, 0.4) is 0 Å². The van der Waals surface area contributed by atoms with E-state index in [1.54, 1.807) is 0 Å². The zero-order valence-corrected chi connectivity index (χ0v) is 36.8. The fourth-order valence-electron chi connectivity index (χ4n) is 5.97. The van der Waals surface area contributed by atoms with Crippen LogP contribution in [0.5, 0.6) is 0 Å². The van der Waals surface area contributed by atoms with Crippen molar-refractivity contribution in [1.29, 1.82) is 0 Å². The first kappa shape index (κ1) is 53.6. The molecular weight excluding hydrogens is 709 g/mol. The molecule has 324 valence electrons. The van der Waals surface area contributed by atoms with Crippen molar-refractivity contribution >= 4 is 17.9 Å². The lowest BCUT2D eigenvalue weighted by atomic mass is 10.1. The molecule has 0 aromatic heterocycles. The monoisotopic (exact) mass is 793 g/mol. The van der Waals surface area contributed by atoms with Gasteiger partial charge in [0.25, 0.3) is 0 Å². The average Bonchev–Trinajstić information content (AvgIpc) is 3.21. The van der Waals surface area contributed by atoms with E-state index in [9.17, 15) is 14.4 Å². The number of rotatable bonds is 40. The molecule has 57 heavy (non-hydrogen) atoms. The van der Waals surface area contributed by atoms with Crippen molar-refractivity contribution in [1.82, 2.24) is 0 Å². The van der Waals surface area contributed by atoms with Crippen LogP contribution in [0.15, 0.2) is 85.1 Å². The van der Waals surface area contributed by atoms with Gasteiger partial charge in [-0.3, -0.25) is 14.4 Å². The van der Waals surface area contributed by atoms with Gasteiger partial charge in [-0.05, 0) is 89.9 Å². The molecule has 0 N–H and O–H groups in total. The Morgan fingerprint density at radius 3 is 1.11 bits per heavy atom. The summed E-state index contributed by atoms with van der Waals surface area (Å²) in [5.74, 6) is -0.963. The lowest BCUT2D eigenvalue weighted by molar-refractivity contribution is -0.167. The molecule has 0 aliphatic heterocycles. The second-order valence-corrected chi connectivity index (χ2v) is 14.9. The van der Waals surface area contributed by atoms with Crippen molar-refractivity contribution in [3.63, 3.8) is 0 Å². The molecule has 0 saturated heterocycles. The molecule has 0 rings (SSSR count). The van der Waals surface area contributed by atoms with Crippen LogP contribution in [0.4, 0.5) is 0 Å². The normalized spacial score (nSPS) is 12.8. The minimum atomic E-state index is -0.798. The topological polar surface area (TPSA) is 78.9 Å². The first-order valence-electron chi connectivity index (χ1n) is 23.1. The third-order valence-corrected chi connectivity index (χ3v) is 9.40. The van der Waals surface area contributed by atoms with Gasteiger partial charge in [-0.15, -0.1) is 0 Å². The summed E-state index contributed by atoms with van der Waals surface area (Å²) in [6.45, 7) is 6.30. The number of carbonyl (C=O) groups excluding carboxylic acids is 3. The predicted octanol–water partition coefficient (Wildman–Crippen LogP) is 14.9. The summed E-state index contributed by atoms with van der Waals surface area (Å²) >= 11 is 0. The van der Waals surface area contributed by atoms with Crippen LogP contribution < -0.4 is 0 Å². The number of carbonyl (C=O) groups is 3. The van der Waals surface area contributed by atoms with Crippen molar-refractivity contribution in [2.45, 2.75) is 207 Å². The largest absolute Gasteiger partial charge is 0.462 e. The molecule has 0 aliphatic rings. The number of unbranched alkanes of at least 4 members (excludes halogenated alkanes) is 15. The third-order valence-electron chi connectivity index (χ3n) is 9.40. The summed E-state index contributed by atoms with van der Waals surface area (Å²) in [7, 11) is 0. The summed E-state index contributed by atoms with van der Waals surface area (Å²) in [5, 5.41) is 0. The molecule has 0 amide bonds. The molecule has 0 aromatic carbocycles. The molecule has 0 saturated carbocycles. The minimum Gasteiger partial charge on any atom is -0.462 e. The number of allylic oxidation sites excluding steroid dienone is 14. The van der Waals surface area contributed by atoms with Crippen LogP contribution in [-0.4, -0.2) is 37.2 Å². The fraction of sp³-hybridized carbons (Fsp3) is 0.667. The van der Waals surface area contributed by atoms with E-state index in [-0.39, 0.29) is 37.5 Å². The Labute approximate surface area is 350 Å². The number of ether oxygens (including phenoxy) is 3. The van der Waals surface area contributed by atoms with Crippen molar-refractivity contribution in [2.24, 2.45) is 0 Å². The Morgan fingerprint density at radius 2 is 0.684 bits per heavy atom. The van der Waals surface area contributed by atoms with Crippen LogP contribution in [0.25, 0.3) is 0 Å². The zero-order chi connectivity index (χ0) is 41.5. The molecule has 0 bridgehead atoms. The maximum absolute atomic E-state index is 12.7. The fourth-order valence-corrected chi connectivity index (χ4v) is 5.97. The maximum Gasteiger partial charge on any atom is 0.306 e. The number of hydrogen-bond donors (Lipinski definition) is 0. The van der Waals surface area contributed by atoms with E-state index in [2.05, 4.69) is 106 Å². The second kappa shape index (κ2) is 45.3. The summed E-state index contributed by atoms with van der Waals surface area (Å²) in [4.78, 5) is 37.7. The van der Waals surface area contributed by atoms with E-state index in [4.69, 9.17) is 14.2 Å². The van der Waals surface area contributed by atoms with Gasteiger partial charge in [0, 0.05) is 19.3 Å². The summed E-state index contributed by atoms with van der Waals surface area (Å²) in [6.07, 6.45) is 57.2. The SMILES string of the molecule is CC/C=C\C/C=C\C/C=C\C/C=C\CCCCC(=O)OC(COC(=O)CCCCCCCCC)COC(=O)CCCCCCCCC/C=C\C/C=C\C/C=C\CC. The summed E-state index contributed by atoms with van der Waals surface area (Å²) in [6, 6.07) is 0. The Kier molecular flexibility index (Phi) is 42.6. The Hall–Kier alpha value is -3.41. The quantitative estimate of drug-likeness (QED) is 0.0266. The van der Waals surface area contributed by atoms with Crippen LogP contribution >= 0.6 is 0 Å². The summed E-state index contributed by atoms with van der Waals surface area (Å²) in [5.41, 5.74) is 0. The third kappa shape index (κ3) is 43.6. The molecular formula is C51H84O6. The molecule has 0 aliphatic carbocycles. The van der Waals surface area contributed by atoms with Gasteiger partial charge in [0.15, 0.2) is 6.10 Å². The molecule has 0 aromatic rings. The van der Waals surface area contributed by atoms with E-state index >= 15 is 0 Å². The molecule has 1 atom stereocenters. The van der Waals surface area contributed by atoms with Crippen LogP contribution in [0.1, 0.15) is 201 Å². The van der Waals surface area contributed by atoms with Crippen LogP contribution in [0.2, 0.25) is 0 Å². The van der Waals surface area contributed by atoms with Gasteiger partial charge in [-0.2, -0.15) is 0 Å². The van der Waals surface area contributed by atoms with Crippen molar-refractivity contribution < 1.29 is 28.6 Å². The standard InChI is InChI=1S/C51H84O6/c1-4-7-10-13-16-18-20-22-24-25-27-28-30-32-35-38-41-44-50(53)56-47-48(46-55-49(52)43-40-37-34-15-12-9-6-3)57-51(54)45-42-39-36-33-31-29-26-23-21-19-17-14-11-8-5-2/h7-8,10-11,16-19,22-24,26,31,33,48H,4-6,9,12-15,20-21,25,27-30,32,34-47H2,1-3H3/b10-7-,11-8-,18-16-,19-17-,24-22-,26-23-,33-31-. The highest BCUT2D eigenvalue weighted by Gasteiger charge is 2.19. The highest BCUT2D eigenvalue weighted by atomic mass is 16.6. The Morgan fingerprint density at radius 1 is 0.368 bits per heavy atom. The van der Waals surface area contributed by atoms with Crippen molar-refractivity contribution in [3.05, 3.63) is 85.1 Å². The predicted molar refractivity (Wildman–Crippen MR) is 242 cm³/mol. The lowest BCUT2D eigenvalue weighted by Gasteiger charge is -2.18. The molecule has 6 heteroatoms. The molecule has 0 heterocycles. The average molecular weight is 793 g/mol. The van der Waals surface area contributed by atoms with Gasteiger partial charge in [-0.25, -0.2) is 0 Å². The molecule has 0 fully saturated rings. The highest BCUT2D eigenvalue weighted by Crippen LogP contribution is 2.13. The van der Waals surface area contributed by atoms with E-state index < -0.39 is 6.10 Å². The van der Waals surface area contributed by atoms with Crippen LogP contribution in [0, 0.1) is 0 Å². The molecule has 6 nitrogen and oxygen atoms in total. The van der Waals surface area contributed by atoms with Gasteiger partial charge >= 0.3 is 17.9 Å². The van der Waals surface area contributed by atoms with Gasteiger partial charge < -0.3 is 14.2 Å². The molecule has 1 unspecified atom stereocenters. The Bertz CT molecular complexity index is 1140. The van der Waals surface area contributed by atoms with Crippen molar-refractivity contribution in [2.75, 3.05) is 13.2 Å². The number of hydrogen-bond acceptors (Lipinski definition) is 6. The van der Waals surface area contributed by atoms with Gasteiger partial charge in [-0.1, -0.05) is 176 Å².